The Morgan fingerprint density at radius 1 is 1.18 bits per heavy atom. The Balaban J connectivity index is 1.57. The van der Waals surface area contributed by atoms with Crippen molar-refractivity contribution in [1.29, 1.82) is 0 Å². The molecule has 4 aromatic rings. The highest BCUT2D eigenvalue weighted by Gasteiger charge is 2.19. The summed E-state index contributed by atoms with van der Waals surface area (Å²) in [5.74, 6) is 0.144. The lowest BCUT2D eigenvalue weighted by molar-refractivity contribution is 0.195. The maximum atomic E-state index is 14.2. The normalized spacial score (nSPS) is 15.8. The average molecular weight is 465 g/mol. The summed E-state index contributed by atoms with van der Waals surface area (Å²) < 4.78 is 21.2. The Kier molecular flexibility index (Phi) is 5.83. The van der Waals surface area contributed by atoms with E-state index in [9.17, 15) is 9.18 Å². The molecule has 2 aromatic heterocycles. The van der Waals surface area contributed by atoms with Gasteiger partial charge in [-0.25, -0.2) is 9.37 Å². The van der Waals surface area contributed by atoms with Gasteiger partial charge in [0.1, 0.15) is 11.5 Å². The Labute approximate surface area is 195 Å². The second-order valence-corrected chi connectivity index (χ2v) is 8.37. The highest BCUT2D eigenvalue weighted by atomic mass is 35.5. The van der Waals surface area contributed by atoms with Crippen molar-refractivity contribution in [2.75, 3.05) is 18.5 Å². The topological polar surface area (TPSA) is 69.0 Å². The first kappa shape index (κ1) is 21.6. The third-order valence-electron chi connectivity index (χ3n) is 5.85. The highest BCUT2D eigenvalue weighted by Crippen LogP contribution is 2.33. The zero-order chi connectivity index (χ0) is 22.9. The van der Waals surface area contributed by atoms with Crippen LogP contribution < -0.4 is 10.9 Å². The number of hydrogen-bond acceptors (Lipinski definition) is 5. The minimum atomic E-state index is -0.328. The molecule has 0 amide bonds. The molecule has 1 atom stereocenters. The highest BCUT2D eigenvalue weighted by molar-refractivity contribution is 6.33. The number of aryl methyl sites for hydroxylation is 1. The molecule has 3 heterocycles. The first-order valence-electron chi connectivity index (χ1n) is 10.8. The predicted octanol–water partition coefficient (Wildman–Crippen LogP) is 5.14. The summed E-state index contributed by atoms with van der Waals surface area (Å²) in [5, 5.41) is 4.37. The van der Waals surface area contributed by atoms with E-state index in [0.717, 1.165) is 11.8 Å². The summed E-state index contributed by atoms with van der Waals surface area (Å²) in [4.78, 5) is 22.4. The molecule has 33 heavy (non-hydrogen) atoms. The van der Waals surface area contributed by atoms with Crippen LogP contribution in [0, 0.1) is 5.82 Å². The molecule has 0 spiro atoms. The molecule has 5 rings (SSSR count). The van der Waals surface area contributed by atoms with Gasteiger partial charge in [0.25, 0.3) is 5.56 Å². The Morgan fingerprint density at radius 2 is 2.03 bits per heavy atom. The largest absolute Gasteiger partial charge is 0.379 e. The summed E-state index contributed by atoms with van der Waals surface area (Å²) >= 11 is 6.58. The molecule has 168 valence electrons. The van der Waals surface area contributed by atoms with E-state index in [1.165, 1.54) is 6.07 Å². The molecule has 6 nitrogen and oxygen atoms in total. The fraction of sp³-hybridized carbons (Fsp3) is 0.240. The molecule has 2 aromatic carbocycles. The molecule has 0 radical (unpaired) electrons. The van der Waals surface area contributed by atoms with Crippen LogP contribution in [-0.2, 0) is 11.3 Å². The van der Waals surface area contributed by atoms with Crippen molar-refractivity contribution in [3.63, 3.8) is 0 Å². The van der Waals surface area contributed by atoms with Crippen molar-refractivity contribution in [3.8, 4) is 22.3 Å². The van der Waals surface area contributed by atoms with Gasteiger partial charge < -0.3 is 10.1 Å². The van der Waals surface area contributed by atoms with E-state index in [1.54, 1.807) is 53.2 Å². The standard InChI is InChI=1S/C25H22ClFN4O2/c1-2-31-23-16(13-28-25(30-23)29-17-9-10-33-14-17)11-20(24(31)32)19-8-7-15(12-21(19)26)18-5-3-4-6-22(18)27/h3-8,11-13,17H,2,9-10,14H2,1H3,(H,28,29,30)/t17-/m1/s1. The van der Waals surface area contributed by atoms with Gasteiger partial charge in [-0.3, -0.25) is 9.36 Å². The minimum Gasteiger partial charge on any atom is -0.379 e. The molecule has 1 saturated heterocycles. The number of hydrogen-bond donors (Lipinski definition) is 1. The van der Waals surface area contributed by atoms with Crippen molar-refractivity contribution < 1.29 is 9.13 Å². The molecule has 0 aliphatic carbocycles. The maximum absolute atomic E-state index is 14.2. The number of benzene rings is 2. The van der Waals surface area contributed by atoms with Crippen LogP contribution in [0.5, 0.6) is 0 Å². The minimum absolute atomic E-state index is 0.162. The fourth-order valence-electron chi connectivity index (χ4n) is 4.14. The SMILES string of the molecule is CCn1c(=O)c(-c2ccc(-c3ccccc3F)cc2Cl)cc2cnc(N[C@@H]3CCOC3)nc21. The van der Waals surface area contributed by atoms with Gasteiger partial charge in [-0.05, 0) is 37.1 Å². The number of ether oxygens (including phenoxy) is 1. The molecule has 1 aliphatic rings. The Hall–Kier alpha value is -3.29. The number of fused-ring (bicyclic) bond motifs is 1. The Bertz CT molecular complexity index is 1400. The first-order valence-corrected chi connectivity index (χ1v) is 11.2. The lowest BCUT2D eigenvalue weighted by Gasteiger charge is -2.15. The zero-order valence-corrected chi connectivity index (χ0v) is 18.8. The van der Waals surface area contributed by atoms with E-state index in [-0.39, 0.29) is 17.4 Å². The number of nitrogens with zero attached hydrogens (tertiary/aromatic N) is 3. The van der Waals surface area contributed by atoms with Gasteiger partial charge >= 0.3 is 0 Å². The molecule has 1 fully saturated rings. The van der Waals surface area contributed by atoms with Gasteiger partial charge in [0, 0.05) is 46.4 Å². The monoisotopic (exact) mass is 464 g/mol. The van der Waals surface area contributed by atoms with Crippen LogP contribution in [0.3, 0.4) is 0 Å². The van der Waals surface area contributed by atoms with Crippen molar-refractivity contribution in [3.05, 3.63) is 75.9 Å². The van der Waals surface area contributed by atoms with E-state index in [1.807, 2.05) is 6.92 Å². The van der Waals surface area contributed by atoms with Crippen LogP contribution in [0.15, 0.2) is 59.5 Å². The van der Waals surface area contributed by atoms with Crippen molar-refractivity contribution in [2.45, 2.75) is 25.9 Å². The van der Waals surface area contributed by atoms with Crippen LogP contribution in [0.25, 0.3) is 33.3 Å². The zero-order valence-electron chi connectivity index (χ0n) is 18.0. The van der Waals surface area contributed by atoms with Crippen molar-refractivity contribution in [1.82, 2.24) is 14.5 Å². The molecular formula is C25H22ClFN4O2. The number of nitrogens with one attached hydrogen (secondary N) is 1. The molecule has 1 N–H and O–H groups in total. The van der Waals surface area contributed by atoms with Gasteiger partial charge in [-0.1, -0.05) is 41.9 Å². The van der Waals surface area contributed by atoms with Gasteiger partial charge in [0.2, 0.25) is 5.95 Å². The molecule has 0 unspecified atom stereocenters. The van der Waals surface area contributed by atoms with Crippen LogP contribution in [0.1, 0.15) is 13.3 Å². The molecule has 0 bridgehead atoms. The van der Waals surface area contributed by atoms with E-state index >= 15 is 0 Å². The second kappa shape index (κ2) is 8.92. The fourth-order valence-corrected chi connectivity index (χ4v) is 4.42. The van der Waals surface area contributed by atoms with E-state index < -0.39 is 0 Å². The maximum Gasteiger partial charge on any atom is 0.260 e. The Morgan fingerprint density at radius 3 is 2.76 bits per heavy atom. The van der Waals surface area contributed by atoms with Gasteiger partial charge in [-0.15, -0.1) is 0 Å². The molecular weight excluding hydrogens is 443 g/mol. The van der Waals surface area contributed by atoms with Crippen LogP contribution >= 0.6 is 11.6 Å². The van der Waals surface area contributed by atoms with Crippen LogP contribution in [0.2, 0.25) is 5.02 Å². The van der Waals surface area contributed by atoms with Crippen LogP contribution in [0.4, 0.5) is 10.3 Å². The average Bonchev–Trinajstić information content (AvgIpc) is 3.32. The summed E-state index contributed by atoms with van der Waals surface area (Å²) in [6.07, 6.45) is 2.60. The van der Waals surface area contributed by atoms with Crippen LogP contribution in [-0.4, -0.2) is 33.8 Å². The van der Waals surface area contributed by atoms with Gasteiger partial charge in [0.05, 0.1) is 12.6 Å². The van der Waals surface area contributed by atoms with Crippen molar-refractivity contribution >= 4 is 28.6 Å². The number of halogens is 2. The molecule has 1 aliphatic heterocycles. The number of anilines is 1. The van der Waals surface area contributed by atoms with E-state index in [0.29, 0.717) is 58.6 Å². The number of pyridine rings is 1. The van der Waals surface area contributed by atoms with Crippen molar-refractivity contribution in [2.24, 2.45) is 0 Å². The first-order chi connectivity index (χ1) is 16.0. The third kappa shape index (κ3) is 4.10. The lowest BCUT2D eigenvalue weighted by Crippen LogP contribution is -2.24. The molecule has 8 heteroatoms. The third-order valence-corrected chi connectivity index (χ3v) is 6.16. The number of rotatable bonds is 5. The summed E-state index contributed by atoms with van der Waals surface area (Å²) in [6, 6.07) is 13.6. The molecule has 0 saturated carbocycles. The van der Waals surface area contributed by atoms with E-state index in [4.69, 9.17) is 16.3 Å². The van der Waals surface area contributed by atoms with E-state index in [2.05, 4.69) is 15.3 Å². The van der Waals surface area contributed by atoms with Gasteiger partial charge in [0.15, 0.2) is 0 Å². The number of aromatic nitrogens is 3. The lowest BCUT2D eigenvalue weighted by atomic mass is 10.00. The summed E-state index contributed by atoms with van der Waals surface area (Å²) in [5.41, 5.74) is 2.49. The summed E-state index contributed by atoms with van der Waals surface area (Å²) in [7, 11) is 0. The summed E-state index contributed by atoms with van der Waals surface area (Å²) in [6.45, 7) is 3.66. The second-order valence-electron chi connectivity index (χ2n) is 7.96. The van der Waals surface area contributed by atoms with Gasteiger partial charge in [-0.2, -0.15) is 4.98 Å². The smallest absolute Gasteiger partial charge is 0.260 e. The quantitative estimate of drug-likeness (QED) is 0.443. The predicted molar refractivity (Wildman–Crippen MR) is 128 cm³/mol.